The third-order valence-electron chi connectivity index (χ3n) is 2.45. The summed E-state index contributed by atoms with van der Waals surface area (Å²) in [6.07, 6.45) is 6.08. The van der Waals surface area contributed by atoms with Crippen molar-refractivity contribution in [2.24, 2.45) is 0 Å². The number of hydrogen-bond acceptors (Lipinski definition) is 2. The fourth-order valence-electron chi connectivity index (χ4n) is 1.46. The number of ether oxygens (including phenoxy) is 1. The molecule has 0 unspecified atom stereocenters. The molecule has 0 spiro atoms. The van der Waals surface area contributed by atoms with Crippen LogP contribution >= 0.6 is 0 Å². The number of hydrogen-bond donors (Lipinski definition) is 1. The molecule has 0 heterocycles. The van der Waals surface area contributed by atoms with E-state index in [4.69, 9.17) is 4.74 Å². The molecule has 86 valence electrons. The lowest BCUT2D eigenvalue weighted by Crippen LogP contribution is -2.26. The highest BCUT2D eigenvalue weighted by atomic mass is 16.5. The topological polar surface area (TPSA) is 21.3 Å². The minimum Gasteiger partial charge on any atom is -0.376 e. The Bertz CT molecular complexity index is 123. The van der Waals surface area contributed by atoms with Gasteiger partial charge in [-0.3, -0.25) is 0 Å². The zero-order valence-corrected chi connectivity index (χ0v) is 10.4. The highest BCUT2D eigenvalue weighted by molar-refractivity contribution is 4.68. The molecule has 2 nitrogen and oxygen atoms in total. The summed E-state index contributed by atoms with van der Waals surface area (Å²) in [7, 11) is 2.00. The van der Waals surface area contributed by atoms with Crippen LogP contribution in [0, 0.1) is 0 Å². The summed E-state index contributed by atoms with van der Waals surface area (Å²) in [6, 6.07) is 0. The molecular formula is C12H27NO. The van der Waals surface area contributed by atoms with E-state index in [1.54, 1.807) is 0 Å². The number of nitrogens with one attached hydrogen (secondary N) is 1. The van der Waals surface area contributed by atoms with Gasteiger partial charge in [0.25, 0.3) is 0 Å². The summed E-state index contributed by atoms with van der Waals surface area (Å²) in [5.74, 6) is 0. The summed E-state index contributed by atoms with van der Waals surface area (Å²) in [6.45, 7) is 8.60. The van der Waals surface area contributed by atoms with E-state index in [1.165, 1.54) is 25.7 Å². The van der Waals surface area contributed by atoms with Gasteiger partial charge in [0.15, 0.2) is 0 Å². The highest BCUT2D eigenvalue weighted by Crippen LogP contribution is 2.16. The van der Waals surface area contributed by atoms with Gasteiger partial charge in [0.2, 0.25) is 0 Å². The van der Waals surface area contributed by atoms with Crippen LogP contribution in [0.4, 0.5) is 0 Å². The van der Waals surface area contributed by atoms with Crippen LogP contribution in [-0.2, 0) is 4.74 Å². The maximum atomic E-state index is 5.85. The van der Waals surface area contributed by atoms with Gasteiger partial charge < -0.3 is 10.1 Å². The molecule has 0 fully saturated rings. The molecule has 0 rings (SSSR count). The first kappa shape index (κ1) is 13.9. The minimum atomic E-state index is 0.0601. The quantitative estimate of drug-likeness (QED) is 0.579. The van der Waals surface area contributed by atoms with Gasteiger partial charge in [0, 0.05) is 6.61 Å². The standard InChI is InChI=1S/C12H27NO/c1-5-6-7-11-14-12(2,3)9-8-10-13-4/h13H,5-11H2,1-4H3. The smallest absolute Gasteiger partial charge is 0.0627 e. The molecule has 0 bridgehead atoms. The van der Waals surface area contributed by atoms with E-state index in [0.717, 1.165) is 19.6 Å². The van der Waals surface area contributed by atoms with Crippen LogP contribution in [0.25, 0.3) is 0 Å². The third-order valence-corrected chi connectivity index (χ3v) is 2.45. The van der Waals surface area contributed by atoms with E-state index in [9.17, 15) is 0 Å². The average Bonchev–Trinajstić information content (AvgIpc) is 2.13. The second-order valence-corrected chi connectivity index (χ2v) is 4.52. The lowest BCUT2D eigenvalue weighted by Gasteiger charge is -2.25. The zero-order chi connectivity index (χ0) is 10.9. The van der Waals surface area contributed by atoms with Gasteiger partial charge in [0.05, 0.1) is 5.60 Å². The molecule has 0 radical (unpaired) electrons. The molecule has 0 aliphatic heterocycles. The lowest BCUT2D eigenvalue weighted by atomic mass is 10.0. The fourth-order valence-corrected chi connectivity index (χ4v) is 1.46. The van der Waals surface area contributed by atoms with Crippen molar-refractivity contribution in [3.63, 3.8) is 0 Å². The maximum Gasteiger partial charge on any atom is 0.0627 e. The van der Waals surface area contributed by atoms with E-state index in [0.29, 0.717) is 0 Å². The summed E-state index contributed by atoms with van der Waals surface area (Å²) < 4.78 is 5.85. The molecule has 2 heteroatoms. The van der Waals surface area contributed by atoms with Crippen LogP contribution in [0.1, 0.15) is 52.9 Å². The molecule has 0 saturated carbocycles. The van der Waals surface area contributed by atoms with Crippen LogP contribution in [0.2, 0.25) is 0 Å². The minimum absolute atomic E-state index is 0.0601. The Morgan fingerprint density at radius 1 is 1.14 bits per heavy atom. The SMILES string of the molecule is CCCCCOC(C)(C)CCCNC. The Morgan fingerprint density at radius 3 is 2.43 bits per heavy atom. The van der Waals surface area contributed by atoms with Gasteiger partial charge in [0.1, 0.15) is 0 Å². The first-order valence-corrected chi connectivity index (χ1v) is 5.91. The average molecular weight is 201 g/mol. The molecule has 14 heavy (non-hydrogen) atoms. The van der Waals surface area contributed by atoms with Gasteiger partial charge in [-0.15, -0.1) is 0 Å². The van der Waals surface area contributed by atoms with Gasteiger partial charge >= 0.3 is 0 Å². The Morgan fingerprint density at radius 2 is 1.86 bits per heavy atom. The molecular weight excluding hydrogens is 174 g/mol. The third kappa shape index (κ3) is 8.52. The number of rotatable bonds is 9. The molecule has 0 aromatic rings. The molecule has 1 N–H and O–H groups in total. The van der Waals surface area contributed by atoms with Gasteiger partial charge in [-0.25, -0.2) is 0 Å². The van der Waals surface area contributed by atoms with Crippen LogP contribution in [-0.4, -0.2) is 25.8 Å². The molecule has 0 saturated heterocycles. The summed E-state index contributed by atoms with van der Waals surface area (Å²) in [4.78, 5) is 0. The second-order valence-electron chi connectivity index (χ2n) is 4.52. The predicted molar refractivity (Wildman–Crippen MR) is 62.7 cm³/mol. The molecule has 0 atom stereocenters. The first-order chi connectivity index (χ1) is 6.62. The van der Waals surface area contributed by atoms with Crippen molar-refractivity contribution in [2.75, 3.05) is 20.2 Å². The van der Waals surface area contributed by atoms with E-state index in [1.807, 2.05) is 7.05 Å². The van der Waals surface area contributed by atoms with E-state index in [-0.39, 0.29) is 5.60 Å². The Labute approximate surface area is 89.4 Å². The lowest BCUT2D eigenvalue weighted by molar-refractivity contribution is -0.0260. The van der Waals surface area contributed by atoms with Crippen molar-refractivity contribution in [3.8, 4) is 0 Å². The van der Waals surface area contributed by atoms with Gasteiger partial charge in [-0.2, -0.15) is 0 Å². The number of unbranched alkanes of at least 4 members (excludes halogenated alkanes) is 2. The molecule has 0 amide bonds. The highest BCUT2D eigenvalue weighted by Gasteiger charge is 2.16. The van der Waals surface area contributed by atoms with E-state index >= 15 is 0 Å². The van der Waals surface area contributed by atoms with Crippen LogP contribution < -0.4 is 5.32 Å². The van der Waals surface area contributed by atoms with Crippen LogP contribution in [0.5, 0.6) is 0 Å². The van der Waals surface area contributed by atoms with Gasteiger partial charge in [-0.1, -0.05) is 19.8 Å². The molecule has 0 aromatic carbocycles. The molecule has 0 aliphatic carbocycles. The summed E-state index contributed by atoms with van der Waals surface area (Å²) >= 11 is 0. The first-order valence-electron chi connectivity index (χ1n) is 5.91. The van der Waals surface area contributed by atoms with Crippen LogP contribution in [0.3, 0.4) is 0 Å². The van der Waals surface area contributed by atoms with Crippen molar-refractivity contribution in [1.29, 1.82) is 0 Å². The van der Waals surface area contributed by atoms with Crippen molar-refractivity contribution < 1.29 is 4.74 Å². The zero-order valence-electron chi connectivity index (χ0n) is 10.4. The van der Waals surface area contributed by atoms with Crippen molar-refractivity contribution >= 4 is 0 Å². The predicted octanol–water partition coefficient (Wildman–Crippen LogP) is 2.97. The van der Waals surface area contributed by atoms with Crippen molar-refractivity contribution in [2.45, 2.75) is 58.5 Å². The second kappa shape index (κ2) is 8.25. The van der Waals surface area contributed by atoms with E-state index in [2.05, 4.69) is 26.1 Å². The maximum absolute atomic E-state index is 5.85. The van der Waals surface area contributed by atoms with Crippen molar-refractivity contribution in [3.05, 3.63) is 0 Å². The molecule has 0 aromatic heterocycles. The van der Waals surface area contributed by atoms with Gasteiger partial charge in [-0.05, 0) is 46.7 Å². The van der Waals surface area contributed by atoms with Crippen LogP contribution in [0.15, 0.2) is 0 Å². The summed E-state index contributed by atoms with van der Waals surface area (Å²) in [5.41, 5.74) is 0.0601. The fraction of sp³-hybridized carbons (Fsp3) is 1.00. The normalized spacial score (nSPS) is 12.0. The van der Waals surface area contributed by atoms with Crippen molar-refractivity contribution in [1.82, 2.24) is 5.32 Å². The summed E-state index contributed by atoms with van der Waals surface area (Å²) in [5, 5.41) is 3.16. The Hall–Kier alpha value is -0.0800. The monoisotopic (exact) mass is 201 g/mol. The molecule has 0 aliphatic rings. The van der Waals surface area contributed by atoms with E-state index < -0.39 is 0 Å². The Balaban J connectivity index is 3.40. The largest absolute Gasteiger partial charge is 0.376 e. The Kier molecular flexibility index (Phi) is 8.20.